The van der Waals surface area contributed by atoms with Crippen LogP contribution in [0.1, 0.15) is 81.8 Å². The third-order valence-corrected chi connectivity index (χ3v) is 11.4. The van der Waals surface area contributed by atoms with Gasteiger partial charge in [-0.3, -0.25) is 0 Å². The van der Waals surface area contributed by atoms with Crippen molar-refractivity contribution in [3.8, 4) is 5.75 Å². The standard InChI is InChI=1S/C30H43NO3/c1-20-12-24(6-7-25(20)32-3)29-8-9-30(18-26(29)31(2)11-10-29)33-19-27(34-30)28-15-21-4-5-22(16-28)14-23(13-21)17-28/h6-7,12,21-23,26-27H,4-5,8-11,13-19H2,1-3H3. The van der Waals surface area contributed by atoms with E-state index in [9.17, 15) is 0 Å². The number of likely N-dealkylation sites (tertiary alicyclic amines) is 1. The zero-order chi connectivity index (χ0) is 23.1. The SMILES string of the molecule is COc1ccc(C23CCN(C)C2CC2(CC3)OCC(C34CC5CCC(CC(C5)C3)C4)O2)cc1C. The Morgan fingerprint density at radius 3 is 2.47 bits per heavy atom. The van der Waals surface area contributed by atoms with Crippen LogP contribution in [-0.2, 0) is 14.9 Å². The number of rotatable bonds is 3. The minimum absolute atomic E-state index is 0.208. The highest BCUT2D eigenvalue weighted by Crippen LogP contribution is 2.62. The van der Waals surface area contributed by atoms with Crippen molar-refractivity contribution in [1.82, 2.24) is 4.90 Å². The molecule has 4 heteroatoms. The van der Waals surface area contributed by atoms with E-state index in [2.05, 4.69) is 37.1 Å². The molecule has 2 saturated heterocycles. The Morgan fingerprint density at radius 2 is 1.74 bits per heavy atom. The average molecular weight is 466 g/mol. The molecule has 1 aromatic rings. The zero-order valence-electron chi connectivity index (χ0n) is 21.5. The Balaban J connectivity index is 1.15. The minimum atomic E-state index is -0.364. The zero-order valence-corrected chi connectivity index (χ0v) is 21.5. The first kappa shape index (κ1) is 22.1. The van der Waals surface area contributed by atoms with Crippen LogP contribution in [0.15, 0.2) is 18.2 Å². The summed E-state index contributed by atoms with van der Waals surface area (Å²) in [5, 5.41) is 0. The number of hydrogen-bond acceptors (Lipinski definition) is 4. The van der Waals surface area contributed by atoms with Gasteiger partial charge < -0.3 is 19.1 Å². The number of hydrogen-bond donors (Lipinski definition) is 0. The molecule has 0 N–H and O–H groups in total. The van der Waals surface area contributed by atoms with E-state index in [1.54, 1.807) is 7.11 Å². The van der Waals surface area contributed by atoms with Crippen LogP contribution in [0.25, 0.3) is 0 Å². The lowest BCUT2D eigenvalue weighted by Crippen LogP contribution is -2.54. The fraction of sp³-hybridized carbons (Fsp3) is 0.800. The molecule has 7 aliphatic rings. The summed E-state index contributed by atoms with van der Waals surface area (Å²) in [6.07, 6.45) is 14.9. The van der Waals surface area contributed by atoms with Crippen molar-refractivity contribution in [2.75, 3.05) is 27.3 Å². The van der Waals surface area contributed by atoms with Crippen molar-refractivity contribution in [3.63, 3.8) is 0 Å². The molecule has 7 fully saturated rings. The number of ether oxygens (including phenoxy) is 3. The summed E-state index contributed by atoms with van der Waals surface area (Å²) in [5.41, 5.74) is 3.34. The number of fused-ring (bicyclic) bond motifs is 2. The van der Waals surface area contributed by atoms with Gasteiger partial charge in [-0.1, -0.05) is 25.0 Å². The molecule has 6 unspecified atom stereocenters. The molecule has 5 aliphatic carbocycles. The van der Waals surface area contributed by atoms with Gasteiger partial charge in [0.05, 0.1) is 19.8 Å². The summed E-state index contributed by atoms with van der Waals surface area (Å²) in [6.45, 7) is 4.17. The van der Waals surface area contributed by atoms with Crippen molar-refractivity contribution in [2.24, 2.45) is 23.2 Å². The quantitative estimate of drug-likeness (QED) is 0.560. The fourth-order valence-electron chi connectivity index (χ4n) is 9.99. The van der Waals surface area contributed by atoms with E-state index in [4.69, 9.17) is 14.2 Å². The second-order valence-electron chi connectivity index (χ2n) is 13.2. The molecule has 1 spiro atoms. The molecule has 34 heavy (non-hydrogen) atoms. The average Bonchev–Trinajstić information content (AvgIpc) is 3.32. The van der Waals surface area contributed by atoms with Crippen molar-refractivity contribution < 1.29 is 14.2 Å². The molecule has 2 heterocycles. The number of methoxy groups -OCH3 is 1. The summed E-state index contributed by atoms with van der Waals surface area (Å²) in [7, 11) is 4.09. The monoisotopic (exact) mass is 465 g/mol. The molecule has 5 saturated carbocycles. The summed E-state index contributed by atoms with van der Waals surface area (Å²) in [4.78, 5) is 2.59. The Labute approximate surface area is 205 Å². The molecule has 1 aromatic carbocycles. The largest absolute Gasteiger partial charge is 0.496 e. The van der Waals surface area contributed by atoms with Gasteiger partial charge in [-0.2, -0.15) is 0 Å². The second-order valence-corrected chi connectivity index (χ2v) is 13.2. The smallest absolute Gasteiger partial charge is 0.170 e. The highest BCUT2D eigenvalue weighted by atomic mass is 16.7. The van der Waals surface area contributed by atoms with Gasteiger partial charge in [0, 0.05) is 24.3 Å². The maximum absolute atomic E-state index is 7.16. The molecule has 8 rings (SSSR count). The molecule has 6 atom stereocenters. The number of benzene rings is 1. The van der Waals surface area contributed by atoms with E-state index in [0.29, 0.717) is 17.6 Å². The molecule has 186 valence electrons. The van der Waals surface area contributed by atoms with Gasteiger partial charge >= 0.3 is 0 Å². The lowest BCUT2D eigenvalue weighted by Gasteiger charge is -2.52. The van der Waals surface area contributed by atoms with Gasteiger partial charge in [0.15, 0.2) is 5.79 Å². The summed E-state index contributed by atoms with van der Waals surface area (Å²) < 4.78 is 19.5. The highest BCUT2D eigenvalue weighted by molar-refractivity contribution is 5.41. The lowest BCUT2D eigenvalue weighted by molar-refractivity contribution is -0.220. The third-order valence-electron chi connectivity index (χ3n) is 11.4. The van der Waals surface area contributed by atoms with Crippen LogP contribution >= 0.6 is 0 Å². The van der Waals surface area contributed by atoms with E-state index < -0.39 is 0 Å². The van der Waals surface area contributed by atoms with Crippen molar-refractivity contribution in [1.29, 1.82) is 0 Å². The van der Waals surface area contributed by atoms with E-state index in [1.165, 1.54) is 62.5 Å². The number of nitrogens with zero attached hydrogens (tertiary/aromatic N) is 1. The van der Waals surface area contributed by atoms with Crippen LogP contribution in [0.4, 0.5) is 0 Å². The first-order valence-corrected chi connectivity index (χ1v) is 14.1. The van der Waals surface area contributed by atoms with Crippen molar-refractivity contribution in [3.05, 3.63) is 29.3 Å². The third kappa shape index (κ3) is 3.20. The molecule has 0 radical (unpaired) electrons. The van der Waals surface area contributed by atoms with E-state index in [0.717, 1.165) is 55.9 Å². The molecule has 4 bridgehead atoms. The first-order chi connectivity index (χ1) is 16.4. The van der Waals surface area contributed by atoms with Crippen LogP contribution in [0, 0.1) is 30.1 Å². The van der Waals surface area contributed by atoms with Crippen LogP contribution in [0.3, 0.4) is 0 Å². The van der Waals surface area contributed by atoms with Gasteiger partial charge in [-0.25, -0.2) is 0 Å². The topological polar surface area (TPSA) is 30.9 Å². The van der Waals surface area contributed by atoms with Gasteiger partial charge in [0.1, 0.15) is 5.75 Å². The Morgan fingerprint density at radius 1 is 0.971 bits per heavy atom. The predicted octanol–water partition coefficient (Wildman–Crippen LogP) is 5.85. The first-order valence-electron chi connectivity index (χ1n) is 14.1. The number of aryl methyl sites for hydroxylation is 1. The predicted molar refractivity (Wildman–Crippen MR) is 133 cm³/mol. The van der Waals surface area contributed by atoms with Crippen molar-refractivity contribution >= 4 is 0 Å². The fourth-order valence-corrected chi connectivity index (χ4v) is 9.99. The second kappa shape index (κ2) is 7.70. The van der Waals surface area contributed by atoms with Crippen LogP contribution in [0.2, 0.25) is 0 Å². The van der Waals surface area contributed by atoms with E-state index >= 15 is 0 Å². The van der Waals surface area contributed by atoms with Gasteiger partial charge in [-0.05, 0) is 106 Å². The van der Waals surface area contributed by atoms with Gasteiger partial charge in [0.25, 0.3) is 0 Å². The Bertz CT molecular complexity index is 946. The molecule has 2 aliphatic heterocycles. The molecule has 0 aromatic heterocycles. The van der Waals surface area contributed by atoms with Crippen LogP contribution < -0.4 is 4.74 Å². The Hall–Kier alpha value is -1.10. The van der Waals surface area contributed by atoms with E-state index in [-0.39, 0.29) is 11.2 Å². The maximum atomic E-state index is 7.16. The lowest BCUT2D eigenvalue weighted by atomic mass is 9.56. The minimum Gasteiger partial charge on any atom is -0.496 e. The highest BCUT2D eigenvalue weighted by Gasteiger charge is 2.61. The van der Waals surface area contributed by atoms with E-state index in [1.807, 2.05) is 0 Å². The van der Waals surface area contributed by atoms with Crippen molar-refractivity contribution in [2.45, 2.75) is 101 Å². The number of likely N-dealkylation sites (N-methyl/N-ethyl adjacent to an activating group) is 1. The molecule has 4 nitrogen and oxygen atoms in total. The molecular weight excluding hydrogens is 422 g/mol. The van der Waals surface area contributed by atoms with Crippen LogP contribution in [-0.4, -0.2) is 50.1 Å². The van der Waals surface area contributed by atoms with Crippen LogP contribution in [0.5, 0.6) is 5.75 Å². The van der Waals surface area contributed by atoms with Gasteiger partial charge in [0.2, 0.25) is 0 Å². The molecule has 0 amide bonds. The maximum Gasteiger partial charge on any atom is 0.170 e. The van der Waals surface area contributed by atoms with Gasteiger partial charge in [-0.15, -0.1) is 0 Å². The Kier molecular flexibility index (Phi) is 5.01. The normalized spacial score (nSPS) is 47.8. The summed E-state index contributed by atoms with van der Waals surface area (Å²) in [5.74, 6) is 3.48. The summed E-state index contributed by atoms with van der Waals surface area (Å²) in [6, 6.07) is 7.37. The molecular formula is C30H43NO3. The summed E-state index contributed by atoms with van der Waals surface area (Å²) >= 11 is 0.